The van der Waals surface area contributed by atoms with E-state index in [2.05, 4.69) is 10.3 Å². The quantitative estimate of drug-likeness (QED) is 0.419. The Morgan fingerprint density at radius 3 is 2.74 bits per heavy atom. The summed E-state index contributed by atoms with van der Waals surface area (Å²) in [5.41, 5.74) is 1.41. The summed E-state index contributed by atoms with van der Waals surface area (Å²) >= 11 is 1.37. The Labute approximate surface area is 205 Å². The van der Waals surface area contributed by atoms with Gasteiger partial charge in [-0.3, -0.25) is 24.2 Å². The Balaban J connectivity index is 1.24. The third-order valence-corrected chi connectivity index (χ3v) is 7.48. The average molecular weight is 493 g/mol. The van der Waals surface area contributed by atoms with Gasteiger partial charge in [-0.15, -0.1) is 0 Å². The van der Waals surface area contributed by atoms with Crippen LogP contribution in [0.25, 0.3) is 10.2 Å². The Hall–Kier alpha value is -3.79. The lowest BCUT2D eigenvalue weighted by molar-refractivity contribution is -0.150. The lowest BCUT2D eigenvalue weighted by atomic mass is 9.76. The van der Waals surface area contributed by atoms with E-state index >= 15 is 0 Å². The fourth-order valence-corrected chi connectivity index (χ4v) is 5.79. The van der Waals surface area contributed by atoms with Gasteiger partial charge >= 0.3 is 12.0 Å². The van der Waals surface area contributed by atoms with E-state index in [0.29, 0.717) is 18.1 Å². The number of fused-ring (bicyclic) bond motifs is 3. The van der Waals surface area contributed by atoms with E-state index in [1.165, 1.54) is 16.2 Å². The largest absolute Gasteiger partial charge is 0.454 e. The number of rotatable bonds is 6. The minimum atomic E-state index is -1.16. The zero-order valence-corrected chi connectivity index (χ0v) is 20.0. The van der Waals surface area contributed by atoms with Crippen LogP contribution in [0.3, 0.4) is 0 Å². The van der Waals surface area contributed by atoms with Crippen LogP contribution in [0, 0.1) is 0 Å². The molecule has 1 saturated heterocycles. The summed E-state index contributed by atoms with van der Waals surface area (Å²) in [4.78, 5) is 58.1. The van der Waals surface area contributed by atoms with Crippen LogP contribution in [-0.2, 0) is 31.1 Å². The summed E-state index contributed by atoms with van der Waals surface area (Å²) in [6.07, 6.45) is 2.04. The van der Waals surface area contributed by atoms with Gasteiger partial charge in [-0.1, -0.05) is 47.7 Å². The fourth-order valence-electron chi connectivity index (χ4n) is 4.74. The van der Waals surface area contributed by atoms with Gasteiger partial charge in [-0.05, 0) is 49.4 Å². The molecule has 0 bridgehead atoms. The van der Waals surface area contributed by atoms with Crippen LogP contribution in [-0.4, -0.2) is 53.4 Å². The van der Waals surface area contributed by atoms with Gasteiger partial charge in [0, 0.05) is 6.54 Å². The van der Waals surface area contributed by atoms with Crippen molar-refractivity contribution < 1.29 is 23.9 Å². The predicted octanol–water partition coefficient (Wildman–Crippen LogP) is 2.98. The second-order valence-corrected chi connectivity index (χ2v) is 9.51. The molecule has 1 aliphatic heterocycles. The van der Waals surface area contributed by atoms with Crippen LogP contribution in [0.1, 0.15) is 30.9 Å². The van der Waals surface area contributed by atoms with Gasteiger partial charge in [0.1, 0.15) is 12.1 Å². The second kappa shape index (κ2) is 9.10. The Morgan fingerprint density at radius 1 is 1.17 bits per heavy atom. The number of nitrogens with one attached hydrogen (secondary N) is 1. The molecule has 3 aromatic rings. The first-order chi connectivity index (χ1) is 16.9. The molecule has 1 atom stereocenters. The third-order valence-electron chi connectivity index (χ3n) is 6.43. The van der Waals surface area contributed by atoms with E-state index in [0.717, 1.165) is 39.1 Å². The maximum absolute atomic E-state index is 13.3. The second-order valence-electron chi connectivity index (χ2n) is 8.50. The van der Waals surface area contributed by atoms with Crippen LogP contribution in [0.5, 0.6) is 0 Å². The van der Waals surface area contributed by atoms with Crippen LogP contribution < -0.4 is 10.2 Å². The Morgan fingerprint density at radius 2 is 1.94 bits per heavy atom. The van der Waals surface area contributed by atoms with Crippen LogP contribution in [0.4, 0.5) is 9.93 Å². The van der Waals surface area contributed by atoms with E-state index in [9.17, 15) is 19.2 Å². The zero-order valence-electron chi connectivity index (χ0n) is 19.2. The number of carbonyl (C=O) groups excluding carboxylic acids is 4. The maximum atomic E-state index is 13.3. The number of urea groups is 1. The molecule has 2 heterocycles. The van der Waals surface area contributed by atoms with Crippen LogP contribution in [0.15, 0.2) is 48.5 Å². The van der Waals surface area contributed by atoms with E-state index in [-0.39, 0.29) is 0 Å². The highest BCUT2D eigenvalue weighted by Gasteiger charge is 2.54. The normalized spacial score (nSPS) is 19.1. The van der Waals surface area contributed by atoms with Gasteiger partial charge in [0.2, 0.25) is 0 Å². The summed E-state index contributed by atoms with van der Waals surface area (Å²) in [6, 6.07) is 14.4. The molecule has 0 unspecified atom stereocenters. The number of likely N-dealkylation sites (N-methyl/N-ethyl adjacent to an activating group) is 1. The number of hydrogen-bond acceptors (Lipinski definition) is 7. The molecule has 1 fully saturated rings. The van der Waals surface area contributed by atoms with Gasteiger partial charge in [-0.2, -0.15) is 0 Å². The molecule has 5 rings (SSSR count). The van der Waals surface area contributed by atoms with Crippen molar-refractivity contribution >= 4 is 50.5 Å². The number of benzene rings is 2. The molecule has 9 nitrogen and oxygen atoms in total. The SMILES string of the molecule is CCN(C(=O)COC(=O)CN1C(=O)N[C@]2(CCCc3ccccc32)C1=O)c1nc2ccccc2s1. The molecule has 1 N–H and O–H groups in total. The molecular formula is C25H24N4O5S. The minimum absolute atomic E-state index is 0.352. The average Bonchev–Trinajstić information content (AvgIpc) is 3.38. The van der Waals surface area contributed by atoms with Crippen LogP contribution in [0.2, 0.25) is 0 Å². The van der Waals surface area contributed by atoms with E-state index in [4.69, 9.17) is 4.74 Å². The fraction of sp³-hybridized carbons (Fsp3) is 0.320. The first-order valence-corrected chi connectivity index (χ1v) is 12.3. The van der Waals surface area contributed by atoms with Gasteiger partial charge in [0.25, 0.3) is 11.8 Å². The highest BCUT2D eigenvalue weighted by atomic mass is 32.1. The van der Waals surface area contributed by atoms with E-state index < -0.39 is 42.5 Å². The molecule has 35 heavy (non-hydrogen) atoms. The van der Waals surface area contributed by atoms with E-state index in [1.807, 2.05) is 48.5 Å². The molecule has 0 saturated carbocycles. The third kappa shape index (κ3) is 4.03. The molecule has 2 aromatic carbocycles. The summed E-state index contributed by atoms with van der Waals surface area (Å²) in [5, 5.41) is 3.32. The van der Waals surface area contributed by atoms with Gasteiger partial charge in [-0.25, -0.2) is 9.78 Å². The van der Waals surface area contributed by atoms with Crippen molar-refractivity contribution in [3.8, 4) is 0 Å². The topological polar surface area (TPSA) is 109 Å². The molecular weight excluding hydrogens is 468 g/mol. The predicted molar refractivity (Wildman–Crippen MR) is 130 cm³/mol. The number of anilines is 1. The number of ether oxygens (including phenoxy) is 1. The number of hydrogen-bond donors (Lipinski definition) is 1. The lowest BCUT2D eigenvalue weighted by Gasteiger charge is -2.33. The number of thiazole rings is 1. The molecule has 1 aromatic heterocycles. The first-order valence-electron chi connectivity index (χ1n) is 11.5. The molecule has 2 aliphatic rings. The monoisotopic (exact) mass is 492 g/mol. The van der Waals surface area contributed by atoms with Crippen molar-refractivity contribution in [1.29, 1.82) is 0 Å². The number of esters is 1. The highest BCUT2D eigenvalue weighted by molar-refractivity contribution is 7.22. The smallest absolute Gasteiger partial charge is 0.326 e. The summed E-state index contributed by atoms with van der Waals surface area (Å²) in [6.45, 7) is 1.08. The molecule has 0 radical (unpaired) electrons. The standard InChI is InChI=1S/C25H24N4O5S/c1-2-28(24-26-18-11-5-6-12-19(18)35-24)20(30)15-34-21(31)14-29-22(32)25(27-23(29)33)13-7-9-16-8-3-4-10-17(16)25/h3-6,8,10-12H,2,7,9,13-15H2,1H3,(H,27,33)/t25-/m0/s1. The summed E-state index contributed by atoms with van der Waals surface area (Å²) in [7, 11) is 0. The number of nitrogens with zero attached hydrogens (tertiary/aromatic N) is 3. The van der Waals surface area contributed by atoms with Crippen molar-refractivity contribution in [2.45, 2.75) is 31.7 Å². The molecule has 4 amide bonds. The molecule has 180 valence electrons. The number of aryl methyl sites for hydroxylation is 1. The number of carbonyl (C=O) groups is 4. The van der Waals surface area contributed by atoms with Crippen molar-refractivity contribution in [3.05, 3.63) is 59.7 Å². The first kappa shape index (κ1) is 23.0. The van der Waals surface area contributed by atoms with Gasteiger partial charge in [0.15, 0.2) is 11.7 Å². The van der Waals surface area contributed by atoms with Gasteiger partial charge in [0.05, 0.1) is 10.2 Å². The number of amides is 4. The Kier molecular flexibility index (Phi) is 5.98. The summed E-state index contributed by atoms with van der Waals surface area (Å²) < 4.78 is 6.11. The lowest BCUT2D eigenvalue weighted by Crippen LogP contribution is -2.47. The zero-order chi connectivity index (χ0) is 24.6. The highest BCUT2D eigenvalue weighted by Crippen LogP contribution is 2.39. The summed E-state index contributed by atoms with van der Waals surface area (Å²) in [5.74, 6) is -1.74. The maximum Gasteiger partial charge on any atom is 0.326 e. The Bertz CT molecular complexity index is 1310. The number of imide groups is 1. The van der Waals surface area contributed by atoms with Crippen molar-refractivity contribution in [2.24, 2.45) is 0 Å². The van der Waals surface area contributed by atoms with Gasteiger partial charge < -0.3 is 10.1 Å². The van der Waals surface area contributed by atoms with Crippen LogP contribution >= 0.6 is 11.3 Å². The number of para-hydroxylation sites is 1. The van der Waals surface area contributed by atoms with Crippen molar-refractivity contribution in [1.82, 2.24) is 15.2 Å². The van der Waals surface area contributed by atoms with Crippen molar-refractivity contribution in [2.75, 3.05) is 24.6 Å². The number of aromatic nitrogens is 1. The molecule has 1 spiro atoms. The molecule has 10 heteroatoms. The van der Waals surface area contributed by atoms with Crippen molar-refractivity contribution in [3.63, 3.8) is 0 Å². The van der Waals surface area contributed by atoms with E-state index in [1.54, 1.807) is 6.92 Å². The molecule has 1 aliphatic carbocycles. The minimum Gasteiger partial charge on any atom is -0.454 e.